The molecule has 2 rings (SSSR count). The van der Waals surface area contributed by atoms with Crippen LogP contribution in [0, 0.1) is 5.92 Å². The second kappa shape index (κ2) is 7.93. The molecular weight excluding hydrogens is 304 g/mol. The van der Waals surface area contributed by atoms with Gasteiger partial charge in [-0.15, -0.1) is 0 Å². The largest absolute Gasteiger partial charge is 0.394 e. The SMILES string of the molecule is CC(C)C(CO)N(Cc1ccccc1)C(=O)c1cccc(=O)n1C. The highest BCUT2D eigenvalue weighted by atomic mass is 16.3. The minimum absolute atomic E-state index is 0.0865. The molecule has 1 heterocycles. The van der Waals surface area contributed by atoms with Crippen molar-refractivity contribution in [1.82, 2.24) is 9.47 Å². The summed E-state index contributed by atoms with van der Waals surface area (Å²) >= 11 is 0. The molecule has 1 aromatic carbocycles. The molecule has 128 valence electrons. The van der Waals surface area contributed by atoms with Gasteiger partial charge in [0.2, 0.25) is 0 Å². The van der Waals surface area contributed by atoms with Gasteiger partial charge in [0.1, 0.15) is 5.69 Å². The van der Waals surface area contributed by atoms with E-state index in [1.54, 1.807) is 24.1 Å². The fourth-order valence-corrected chi connectivity index (χ4v) is 2.71. The van der Waals surface area contributed by atoms with Gasteiger partial charge >= 0.3 is 0 Å². The molecule has 0 bridgehead atoms. The number of pyridine rings is 1. The molecule has 5 heteroatoms. The van der Waals surface area contributed by atoms with Crippen molar-refractivity contribution in [2.24, 2.45) is 13.0 Å². The Kier molecular flexibility index (Phi) is 5.93. The maximum Gasteiger partial charge on any atom is 0.271 e. The Bertz CT molecular complexity index is 738. The monoisotopic (exact) mass is 328 g/mol. The van der Waals surface area contributed by atoms with E-state index >= 15 is 0 Å². The number of aliphatic hydroxyl groups is 1. The molecule has 0 aliphatic rings. The van der Waals surface area contributed by atoms with E-state index < -0.39 is 0 Å². The minimum atomic E-state index is -0.326. The first-order chi connectivity index (χ1) is 11.5. The van der Waals surface area contributed by atoms with Gasteiger partial charge in [0.15, 0.2) is 0 Å². The average Bonchev–Trinajstić information content (AvgIpc) is 2.57. The summed E-state index contributed by atoms with van der Waals surface area (Å²) < 4.78 is 1.34. The summed E-state index contributed by atoms with van der Waals surface area (Å²) in [4.78, 5) is 26.6. The molecule has 0 radical (unpaired) electrons. The van der Waals surface area contributed by atoms with Gasteiger partial charge in [-0.3, -0.25) is 9.59 Å². The lowest BCUT2D eigenvalue weighted by atomic mass is 10.0. The van der Waals surface area contributed by atoms with Crippen molar-refractivity contribution in [3.8, 4) is 0 Å². The Labute approximate surface area is 142 Å². The van der Waals surface area contributed by atoms with Crippen LogP contribution in [0.25, 0.3) is 0 Å². The highest BCUT2D eigenvalue weighted by molar-refractivity contribution is 5.92. The van der Waals surface area contributed by atoms with E-state index in [1.807, 2.05) is 44.2 Å². The topological polar surface area (TPSA) is 62.5 Å². The fourth-order valence-electron chi connectivity index (χ4n) is 2.71. The number of nitrogens with zero attached hydrogens (tertiary/aromatic N) is 2. The van der Waals surface area contributed by atoms with Crippen molar-refractivity contribution in [1.29, 1.82) is 0 Å². The summed E-state index contributed by atoms with van der Waals surface area (Å²) in [5, 5.41) is 9.80. The lowest BCUT2D eigenvalue weighted by molar-refractivity contribution is 0.0471. The molecule has 1 N–H and O–H groups in total. The number of carbonyl (C=O) groups is 1. The lowest BCUT2D eigenvalue weighted by Gasteiger charge is -2.33. The van der Waals surface area contributed by atoms with Gasteiger partial charge in [0, 0.05) is 19.7 Å². The molecule has 1 unspecified atom stereocenters. The summed E-state index contributed by atoms with van der Waals surface area (Å²) in [6, 6.07) is 14.0. The van der Waals surface area contributed by atoms with Gasteiger partial charge in [0.05, 0.1) is 12.6 Å². The minimum Gasteiger partial charge on any atom is -0.394 e. The smallest absolute Gasteiger partial charge is 0.271 e. The van der Waals surface area contributed by atoms with Crippen LogP contribution in [0.15, 0.2) is 53.3 Å². The number of hydrogen-bond donors (Lipinski definition) is 1. The molecule has 0 fully saturated rings. The van der Waals surface area contributed by atoms with Gasteiger partial charge in [-0.05, 0) is 17.5 Å². The standard InChI is InChI=1S/C19H24N2O3/c1-14(2)17(13-22)21(12-15-8-5-4-6-9-15)19(24)16-10-7-11-18(23)20(16)3/h4-11,14,17,22H,12-13H2,1-3H3. The van der Waals surface area contributed by atoms with E-state index in [0.717, 1.165) is 5.56 Å². The van der Waals surface area contributed by atoms with Crippen molar-refractivity contribution in [3.63, 3.8) is 0 Å². The molecule has 0 saturated carbocycles. The molecule has 5 nitrogen and oxygen atoms in total. The molecule has 2 aromatic rings. The summed E-state index contributed by atoms with van der Waals surface area (Å²) in [7, 11) is 1.58. The molecule has 0 aliphatic heterocycles. The Hall–Kier alpha value is -2.40. The summed E-state index contributed by atoms with van der Waals surface area (Å²) in [6.07, 6.45) is 0. The second-order valence-electron chi connectivity index (χ2n) is 6.22. The number of aromatic nitrogens is 1. The molecule has 0 saturated heterocycles. The van der Waals surface area contributed by atoms with Gasteiger partial charge in [-0.1, -0.05) is 50.2 Å². The summed E-state index contributed by atoms with van der Waals surface area (Å²) in [5.41, 5.74) is 1.06. The molecule has 0 aliphatic carbocycles. The third-order valence-electron chi connectivity index (χ3n) is 4.22. The zero-order valence-electron chi connectivity index (χ0n) is 14.3. The molecule has 1 atom stereocenters. The Morgan fingerprint density at radius 1 is 1.12 bits per heavy atom. The zero-order chi connectivity index (χ0) is 17.7. The molecule has 1 amide bonds. The van der Waals surface area contributed by atoms with E-state index in [1.165, 1.54) is 10.6 Å². The summed E-state index contributed by atoms with van der Waals surface area (Å²) in [6.45, 7) is 4.19. The zero-order valence-corrected chi connectivity index (χ0v) is 14.3. The van der Waals surface area contributed by atoms with E-state index in [4.69, 9.17) is 0 Å². The van der Waals surface area contributed by atoms with Crippen molar-refractivity contribution in [2.45, 2.75) is 26.4 Å². The highest BCUT2D eigenvalue weighted by Gasteiger charge is 2.28. The van der Waals surface area contributed by atoms with Crippen molar-refractivity contribution in [2.75, 3.05) is 6.61 Å². The van der Waals surface area contributed by atoms with Crippen LogP contribution in [0.4, 0.5) is 0 Å². The lowest BCUT2D eigenvalue weighted by Crippen LogP contribution is -2.46. The van der Waals surface area contributed by atoms with Crippen LogP contribution in [0.5, 0.6) is 0 Å². The molecule has 0 spiro atoms. The molecule has 24 heavy (non-hydrogen) atoms. The second-order valence-corrected chi connectivity index (χ2v) is 6.22. The number of benzene rings is 1. The molecule has 1 aromatic heterocycles. The van der Waals surface area contributed by atoms with E-state index in [-0.39, 0.29) is 30.0 Å². The summed E-state index contributed by atoms with van der Waals surface area (Å²) in [5.74, 6) is -0.171. The quantitative estimate of drug-likeness (QED) is 0.883. The highest BCUT2D eigenvalue weighted by Crippen LogP contribution is 2.18. The fraction of sp³-hybridized carbons (Fsp3) is 0.368. The number of carbonyl (C=O) groups excluding carboxylic acids is 1. The number of aliphatic hydroxyl groups excluding tert-OH is 1. The predicted molar refractivity (Wildman–Crippen MR) is 93.7 cm³/mol. The van der Waals surface area contributed by atoms with Crippen LogP contribution in [-0.2, 0) is 13.6 Å². The van der Waals surface area contributed by atoms with Crippen LogP contribution >= 0.6 is 0 Å². The average molecular weight is 328 g/mol. The first kappa shape index (κ1) is 17.9. The Morgan fingerprint density at radius 2 is 1.79 bits per heavy atom. The Morgan fingerprint density at radius 3 is 2.38 bits per heavy atom. The van der Waals surface area contributed by atoms with Crippen molar-refractivity contribution >= 4 is 5.91 Å². The number of rotatable bonds is 6. The van der Waals surface area contributed by atoms with Crippen molar-refractivity contribution < 1.29 is 9.90 Å². The van der Waals surface area contributed by atoms with Crippen LogP contribution in [0.3, 0.4) is 0 Å². The van der Waals surface area contributed by atoms with Gasteiger partial charge in [0.25, 0.3) is 11.5 Å². The van der Waals surface area contributed by atoms with Gasteiger partial charge in [-0.25, -0.2) is 0 Å². The van der Waals surface area contributed by atoms with E-state index in [9.17, 15) is 14.7 Å². The normalized spacial score (nSPS) is 12.2. The maximum atomic E-state index is 13.1. The Balaban J connectivity index is 2.42. The van der Waals surface area contributed by atoms with Crippen LogP contribution in [-0.4, -0.2) is 33.1 Å². The van der Waals surface area contributed by atoms with Crippen LogP contribution in [0.1, 0.15) is 29.9 Å². The first-order valence-electron chi connectivity index (χ1n) is 8.07. The van der Waals surface area contributed by atoms with Crippen LogP contribution in [0.2, 0.25) is 0 Å². The maximum absolute atomic E-state index is 13.1. The number of hydrogen-bond acceptors (Lipinski definition) is 3. The van der Waals surface area contributed by atoms with Gasteiger partial charge < -0.3 is 14.6 Å². The third-order valence-corrected chi connectivity index (χ3v) is 4.22. The number of amides is 1. The van der Waals surface area contributed by atoms with Gasteiger partial charge in [-0.2, -0.15) is 0 Å². The van der Waals surface area contributed by atoms with Crippen LogP contribution < -0.4 is 5.56 Å². The van der Waals surface area contributed by atoms with E-state index in [0.29, 0.717) is 12.2 Å². The van der Waals surface area contributed by atoms with E-state index in [2.05, 4.69) is 0 Å². The van der Waals surface area contributed by atoms with Crippen molar-refractivity contribution in [3.05, 3.63) is 70.1 Å². The predicted octanol–water partition coefficient (Wildman–Crippen LogP) is 2.04. The third kappa shape index (κ3) is 3.92. The first-order valence-corrected chi connectivity index (χ1v) is 8.07. The molecular formula is C19H24N2O3.